The fourth-order valence-corrected chi connectivity index (χ4v) is 1.67. The maximum Gasteiger partial charge on any atom is 0.496 e. The van der Waals surface area contributed by atoms with Crippen LogP contribution in [0.4, 0.5) is 0 Å². The van der Waals surface area contributed by atoms with Crippen molar-refractivity contribution < 1.29 is 18.9 Å². The van der Waals surface area contributed by atoms with Crippen molar-refractivity contribution in [1.29, 1.82) is 0 Å². The Bertz CT molecular complexity index is 591. The zero-order valence-corrected chi connectivity index (χ0v) is 10.6. The molecule has 0 radical (unpaired) electrons. The van der Waals surface area contributed by atoms with E-state index in [0.717, 1.165) is 4.57 Å². The van der Waals surface area contributed by atoms with Crippen molar-refractivity contribution in [3.8, 4) is 0 Å². The summed E-state index contributed by atoms with van der Waals surface area (Å²) in [6.07, 6.45) is 2.57. The van der Waals surface area contributed by atoms with Crippen molar-refractivity contribution in [2.24, 2.45) is 0 Å². The fraction of sp³-hybridized carbons (Fsp3) is 0.692. The topological polar surface area (TPSA) is 23.4 Å². The van der Waals surface area contributed by atoms with Crippen LogP contribution in [-0.2, 0) is 9.31 Å². The average Bonchev–Trinajstić information content (AvgIpc) is 2.89. The molecule has 17 heavy (non-hydrogen) atoms. The second-order valence-electron chi connectivity index (χ2n) is 5.29. The summed E-state index contributed by atoms with van der Waals surface area (Å²) in [5.74, 6) is 0. The summed E-state index contributed by atoms with van der Waals surface area (Å²) in [6, 6.07) is -1.27. The Labute approximate surface area is 114 Å². The van der Waals surface area contributed by atoms with Gasteiger partial charge in [0, 0.05) is 32.1 Å². The summed E-state index contributed by atoms with van der Waals surface area (Å²) in [6.45, 7) is 1.44. The molecule has 94 valence electrons. The predicted octanol–water partition coefficient (Wildman–Crippen LogP) is 2.37. The van der Waals surface area contributed by atoms with Gasteiger partial charge in [0.05, 0.1) is 12.6 Å². The predicted molar refractivity (Wildman–Crippen MR) is 70.5 cm³/mol. The van der Waals surface area contributed by atoms with Crippen molar-refractivity contribution in [3.63, 3.8) is 0 Å². The van der Waals surface area contributed by atoms with Crippen LogP contribution < -0.4 is 5.46 Å². The van der Waals surface area contributed by atoms with E-state index in [1.54, 1.807) is 0 Å². The first-order valence-electron chi connectivity index (χ1n) is 9.07. The van der Waals surface area contributed by atoms with Crippen molar-refractivity contribution >= 4 is 12.6 Å². The summed E-state index contributed by atoms with van der Waals surface area (Å²) in [5.41, 5.74) is -0.684. The Morgan fingerprint density at radius 3 is 2.41 bits per heavy atom. The smallest absolute Gasteiger partial charge is 0.399 e. The number of rotatable bonds is 2. The lowest BCUT2D eigenvalue weighted by molar-refractivity contribution is 0.00578. The standard InChI is InChI=1S/C13H22BNO2/c1-10(2)15-8-7-11(9-15)14-16-12(3,4)13(5,6)17-14/h7-10H,1-6H3/i1D3,2D3,10D. The van der Waals surface area contributed by atoms with E-state index in [4.69, 9.17) is 18.9 Å². The molecular weight excluding hydrogens is 213 g/mol. The molecule has 1 saturated heterocycles. The van der Waals surface area contributed by atoms with Crippen molar-refractivity contribution in [3.05, 3.63) is 18.5 Å². The Hall–Kier alpha value is -0.735. The Balaban J connectivity index is 2.41. The summed E-state index contributed by atoms with van der Waals surface area (Å²) < 4.78 is 66.0. The van der Waals surface area contributed by atoms with Crippen LogP contribution in [0.5, 0.6) is 0 Å². The minimum Gasteiger partial charge on any atom is -0.399 e. The molecule has 0 N–H and O–H groups in total. The van der Waals surface area contributed by atoms with Gasteiger partial charge >= 0.3 is 7.12 Å². The van der Waals surface area contributed by atoms with Crippen molar-refractivity contribution in [2.75, 3.05) is 0 Å². The minimum atomic E-state index is -3.04. The van der Waals surface area contributed by atoms with Crippen molar-refractivity contribution in [2.45, 2.75) is 58.6 Å². The molecule has 0 amide bonds. The molecule has 0 aliphatic carbocycles. The number of hydrogen-bond acceptors (Lipinski definition) is 2. The molecule has 1 fully saturated rings. The first kappa shape index (κ1) is 6.44. The van der Waals surface area contributed by atoms with Gasteiger partial charge in [-0.3, -0.25) is 0 Å². The van der Waals surface area contributed by atoms with Crippen LogP contribution >= 0.6 is 0 Å². The molecule has 2 heterocycles. The van der Waals surface area contributed by atoms with Gasteiger partial charge in [0.2, 0.25) is 0 Å². The second kappa shape index (κ2) is 3.89. The van der Waals surface area contributed by atoms with Gasteiger partial charge in [0.25, 0.3) is 0 Å². The molecule has 0 saturated carbocycles. The van der Waals surface area contributed by atoms with E-state index in [2.05, 4.69) is 0 Å². The fourth-order valence-electron chi connectivity index (χ4n) is 1.67. The quantitative estimate of drug-likeness (QED) is 0.743. The van der Waals surface area contributed by atoms with E-state index in [9.17, 15) is 0 Å². The van der Waals surface area contributed by atoms with E-state index in [1.165, 1.54) is 18.5 Å². The highest BCUT2D eigenvalue weighted by Gasteiger charge is 2.51. The molecule has 4 heteroatoms. The number of hydrogen-bond donors (Lipinski definition) is 0. The Morgan fingerprint density at radius 2 is 1.88 bits per heavy atom. The molecule has 0 atom stereocenters. The molecule has 0 bridgehead atoms. The Kier molecular flexibility index (Phi) is 1.47. The molecule has 3 nitrogen and oxygen atoms in total. The van der Waals surface area contributed by atoms with Crippen LogP contribution in [0.25, 0.3) is 0 Å². The highest BCUT2D eigenvalue weighted by Crippen LogP contribution is 2.36. The largest absolute Gasteiger partial charge is 0.496 e. The highest BCUT2D eigenvalue weighted by molar-refractivity contribution is 6.62. The molecular formula is C13H22BNO2. The first-order valence-corrected chi connectivity index (χ1v) is 5.57. The first-order chi connectivity index (χ1) is 10.5. The van der Waals surface area contributed by atoms with Crippen LogP contribution in [0.15, 0.2) is 18.5 Å². The van der Waals surface area contributed by atoms with Crippen LogP contribution in [-0.4, -0.2) is 22.9 Å². The summed E-state index contributed by atoms with van der Waals surface area (Å²) in [4.78, 5) is 0. The second-order valence-corrected chi connectivity index (χ2v) is 5.29. The number of aromatic nitrogens is 1. The van der Waals surface area contributed by atoms with E-state index in [-0.39, 0.29) is 0 Å². The minimum absolute atomic E-state index is 0.471. The normalized spacial score (nSPS) is 30.6. The van der Waals surface area contributed by atoms with Crippen LogP contribution in [0, 0.1) is 0 Å². The van der Waals surface area contributed by atoms with Gasteiger partial charge in [0.15, 0.2) is 0 Å². The lowest BCUT2D eigenvalue weighted by atomic mass is 9.81. The zero-order chi connectivity index (χ0) is 18.8. The van der Waals surface area contributed by atoms with Gasteiger partial charge in [-0.2, -0.15) is 0 Å². The monoisotopic (exact) mass is 242 g/mol. The van der Waals surface area contributed by atoms with Gasteiger partial charge in [0.1, 0.15) is 0 Å². The molecule has 1 aliphatic heterocycles. The molecule has 0 unspecified atom stereocenters. The molecule has 1 aromatic heterocycles. The molecule has 0 spiro atoms. The van der Waals surface area contributed by atoms with Crippen molar-refractivity contribution in [1.82, 2.24) is 4.57 Å². The third kappa shape index (κ3) is 2.16. The lowest BCUT2D eigenvalue weighted by Gasteiger charge is -2.32. The van der Waals surface area contributed by atoms with E-state index in [1.807, 2.05) is 27.7 Å². The average molecular weight is 242 g/mol. The summed E-state index contributed by atoms with van der Waals surface area (Å²) in [5, 5.41) is 0. The molecule has 0 aromatic carbocycles. The third-order valence-electron chi connectivity index (χ3n) is 3.50. The van der Waals surface area contributed by atoms with Gasteiger partial charge in [-0.25, -0.2) is 0 Å². The van der Waals surface area contributed by atoms with Crippen LogP contribution in [0.3, 0.4) is 0 Å². The van der Waals surface area contributed by atoms with E-state index >= 15 is 0 Å². The van der Waals surface area contributed by atoms with Crippen LogP contribution in [0.2, 0.25) is 0 Å². The third-order valence-corrected chi connectivity index (χ3v) is 3.50. The van der Waals surface area contributed by atoms with Gasteiger partial charge < -0.3 is 13.9 Å². The molecule has 1 aromatic rings. The molecule has 1 aliphatic rings. The SMILES string of the molecule is [2H]C([2H])([2H])C([2H])(n1ccc(B2OC(C)(C)C(C)(C)O2)c1)C([2H])([2H])[2H]. The molecule has 2 rings (SSSR count). The van der Waals surface area contributed by atoms with E-state index in [0.29, 0.717) is 5.46 Å². The maximum absolute atomic E-state index is 8.16. The maximum atomic E-state index is 8.16. The van der Waals surface area contributed by atoms with Gasteiger partial charge in [-0.1, -0.05) is 0 Å². The van der Waals surface area contributed by atoms with E-state index < -0.39 is 38.0 Å². The van der Waals surface area contributed by atoms with Gasteiger partial charge in [-0.05, 0) is 47.5 Å². The lowest BCUT2D eigenvalue weighted by Crippen LogP contribution is -2.41. The number of nitrogens with zero attached hydrogens (tertiary/aromatic N) is 1. The highest BCUT2D eigenvalue weighted by atomic mass is 16.7. The van der Waals surface area contributed by atoms with Gasteiger partial charge in [-0.15, -0.1) is 0 Å². The van der Waals surface area contributed by atoms with Crippen LogP contribution in [0.1, 0.15) is 57.0 Å². The summed E-state index contributed by atoms with van der Waals surface area (Å²) >= 11 is 0. The zero-order valence-electron chi connectivity index (χ0n) is 17.6. The Morgan fingerprint density at radius 1 is 1.29 bits per heavy atom. The summed E-state index contributed by atoms with van der Waals surface area (Å²) in [7, 11) is -0.756.